The molecule has 0 radical (unpaired) electrons. The summed E-state index contributed by atoms with van der Waals surface area (Å²) in [5.41, 5.74) is 1.92. The molecule has 0 N–H and O–H groups in total. The van der Waals surface area contributed by atoms with Crippen molar-refractivity contribution in [3.8, 4) is 0 Å². The zero-order chi connectivity index (χ0) is 18.2. The summed E-state index contributed by atoms with van der Waals surface area (Å²) < 4.78 is 32.9. The second kappa shape index (κ2) is 6.80. The van der Waals surface area contributed by atoms with E-state index in [1.165, 1.54) is 3.97 Å². The summed E-state index contributed by atoms with van der Waals surface area (Å²) in [5.74, 6) is -0.422. The van der Waals surface area contributed by atoms with E-state index in [2.05, 4.69) is 22.6 Å². The quantitative estimate of drug-likeness (QED) is 0.429. The summed E-state index contributed by atoms with van der Waals surface area (Å²) in [4.78, 5) is 12.1. The highest BCUT2D eigenvalue weighted by molar-refractivity contribution is 14.1. The van der Waals surface area contributed by atoms with Gasteiger partial charge in [0.15, 0.2) is 0 Å². The second-order valence-electron chi connectivity index (χ2n) is 5.54. The molecule has 1 heterocycles. The Morgan fingerprint density at radius 1 is 1.16 bits per heavy atom. The van der Waals surface area contributed by atoms with Crippen LogP contribution in [0.3, 0.4) is 0 Å². The number of esters is 1. The fourth-order valence-electron chi connectivity index (χ4n) is 2.53. The maximum Gasteiger partial charge on any atom is 0.338 e. The van der Waals surface area contributed by atoms with E-state index < -0.39 is 16.0 Å². The van der Waals surface area contributed by atoms with Crippen molar-refractivity contribution >= 4 is 49.5 Å². The Bertz CT molecular complexity index is 1050. The predicted molar refractivity (Wildman–Crippen MR) is 104 cm³/mol. The normalized spacial score (nSPS) is 11.6. The van der Waals surface area contributed by atoms with Gasteiger partial charge in [-0.1, -0.05) is 17.7 Å². The molecule has 7 heteroatoms. The molecule has 0 aliphatic carbocycles. The van der Waals surface area contributed by atoms with Crippen LogP contribution < -0.4 is 0 Å². The molecule has 0 saturated carbocycles. The monoisotopic (exact) mass is 469 g/mol. The van der Waals surface area contributed by atoms with E-state index in [9.17, 15) is 13.2 Å². The molecule has 0 saturated heterocycles. The van der Waals surface area contributed by atoms with Crippen molar-refractivity contribution in [3.63, 3.8) is 0 Å². The van der Waals surface area contributed by atoms with Gasteiger partial charge >= 0.3 is 5.97 Å². The summed E-state index contributed by atoms with van der Waals surface area (Å²) in [7, 11) is -3.71. The van der Waals surface area contributed by atoms with Gasteiger partial charge in [-0.15, -0.1) is 0 Å². The van der Waals surface area contributed by atoms with Crippen LogP contribution >= 0.6 is 22.6 Å². The first-order chi connectivity index (χ1) is 11.8. The van der Waals surface area contributed by atoms with Gasteiger partial charge in [0.1, 0.15) is 0 Å². The van der Waals surface area contributed by atoms with Gasteiger partial charge in [-0.25, -0.2) is 17.2 Å². The summed E-state index contributed by atoms with van der Waals surface area (Å²) in [6.07, 6.45) is 1.56. The number of carbonyl (C=O) groups excluding carboxylic acids is 1. The second-order valence-corrected chi connectivity index (χ2v) is 8.52. The Kier molecular flexibility index (Phi) is 4.88. The molecular weight excluding hydrogens is 453 g/mol. The Balaban J connectivity index is 2.14. The van der Waals surface area contributed by atoms with Crippen LogP contribution in [-0.2, 0) is 14.8 Å². The predicted octanol–water partition coefficient (Wildman–Crippen LogP) is 3.97. The van der Waals surface area contributed by atoms with E-state index in [1.54, 1.807) is 55.6 Å². The molecule has 0 aliphatic rings. The number of carbonyl (C=O) groups is 1. The molecule has 0 amide bonds. The van der Waals surface area contributed by atoms with Gasteiger partial charge in [0.2, 0.25) is 0 Å². The number of hydrogen-bond acceptors (Lipinski definition) is 4. The Labute approximate surface area is 159 Å². The molecule has 2 aromatic carbocycles. The first-order valence-corrected chi connectivity index (χ1v) is 10.2. The van der Waals surface area contributed by atoms with E-state index in [4.69, 9.17) is 4.74 Å². The topological polar surface area (TPSA) is 65.4 Å². The molecule has 0 aliphatic heterocycles. The van der Waals surface area contributed by atoms with Crippen LogP contribution in [0.1, 0.15) is 22.8 Å². The maximum atomic E-state index is 13.0. The molecule has 1 aromatic heterocycles. The number of aryl methyl sites for hydroxylation is 1. The van der Waals surface area contributed by atoms with Crippen LogP contribution in [0.2, 0.25) is 0 Å². The first-order valence-electron chi connectivity index (χ1n) is 7.64. The summed E-state index contributed by atoms with van der Waals surface area (Å²) in [6, 6.07) is 11.6. The van der Waals surface area contributed by atoms with Crippen molar-refractivity contribution in [2.24, 2.45) is 0 Å². The van der Waals surface area contributed by atoms with Gasteiger partial charge in [0, 0.05) is 15.2 Å². The lowest BCUT2D eigenvalue weighted by atomic mass is 10.1. The number of nitrogens with zero attached hydrogens (tertiary/aromatic N) is 1. The molecule has 25 heavy (non-hydrogen) atoms. The molecule has 0 bridgehead atoms. The summed E-state index contributed by atoms with van der Waals surface area (Å²) >= 11 is 2.07. The van der Waals surface area contributed by atoms with E-state index in [0.29, 0.717) is 16.5 Å². The zero-order valence-electron chi connectivity index (χ0n) is 13.7. The number of hydrogen-bond donors (Lipinski definition) is 0. The molecule has 3 rings (SSSR count). The van der Waals surface area contributed by atoms with Crippen LogP contribution in [-0.4, -0.2) is 25.0 Å². The smallest absolute Gasteiger partial charge is 0.338 e. The summed E-state index contributed by atoms with van der Waals surface area (Å²) in [5, 5.41) is 0.696. The van der Waals surface area contributed by atoms with E-state index in [0.717, 1.165) is 9.13 Å². The van der Waals surface area contributed by atoms with Crippen molar-refractivity contribution in [1.82, 2.24) is 3.97 Å². The number of benzene rings is 2. The number of ether oxygens (including phenoxy) is 1. The minimum absolute atomic E-state index is 0.223. The number of aromatic nitrogens is 1. The van der Waals surface area contributed by atoms with Crippen molar-refractivity contribution in [2.75, 3.05) is 6.61 Å². The number of halogens is 1. The lowest BCUT2D eigenvalue weighted by Crippen LogP contribution is -2.12. The van der Waals surface area contributed by atoms with Gasteiger partial charge < -0.3 is 4.74 Å². The number of rotatable bonds is 4. The summed E-state index contributed by atoms with van der Waals surface area (Å²) in [6.45, 7) is 3.93. The van der Waals surface area contributed by atoms with Crippen molar-refractivity contribution in [3.05, 3.63) is 63.4 Å². The van der Waals surface area contributed by atoms with Gasteiger partial charge in [-0.05, 0) is 66.8 Å². The maximum absolute atomic E-state index is 13.0. The third-order valence-electron chi connectivity index (χ3n) is 3.81. The van der Waals surface area contributed by atoms with Gasteiger partial charge in [-0.2, -0.15) is 0 Å². The molecule has 0 unspecified atom stereocenters. The lowest BCUT2D eigenvalue weighted by Gasteiger charge is -2.08. The third kappa shape index (κ3) is 3.30. The van der Waals surface area contributed by atoms with Crippen LogP contribution in [0.4, 0.5) is 0 Å². The highest BCUT2D eigenvalue weighted by Gasteiger charge is 2.21. The molecule has 0 fully saturated rings. The standard InChI is InChI=1S/C18H16INO4S/c1-3-24-18(21)13-6-9-17-15(10-13)16(19)11-20(17)25(22,23)14-7-4-12(2)5-8-14/h4-11H,3H2,1-2H3. The van der Waals surface area contributed by atoms with Gasteiger partial charge in [-0.3, -0.25) is 0 Å². The van der Waals surface area contributed by atoms with Crippen molar-refractivity contribution in [1.29, 1.82) is 0 Å². The molecule has 3 aromatic rings. The number of fused-ring (bicyclic) bond motifs is 1. The van der Waals surface area contributed by atoms with E-state index in [1.807, 2.05) is 6.92 Å². The molecule has 0 spiro atoms. The molecule has 130 valence electrons. The van der Waals surface area contributed by atoms with Gasteiger partial charge in [0.25, 0.3) is 10.0 Å². The van der Waals surface area contributed by atoms with E-state index in [-0.39, 0.29) is 11.5 Å². The van der Waals surface area contributed by atoms with Crippen LogP contribution in [0.5, 0.6) is 0 Å². The highest BCUT2D eigenvalue weighted by Crippen LogP contribution is 2.28. The van der Waals surface area contributed by atoms with Crippen LogP contribution in [0.25, 0.3) is 10.9 Å². The molecule has 5 nitrogen and oxygen atoms in total. The minimum Gasteiger partial charge on any atom is -0.462 e. The van der Waals surface area contributed by atoms with Crippen molar-refractivity contribution in [2.45, 2.75) is 18.7 Å². The molecule has 0 atom stereocenters. The molecular formula is C18H16INO4S. The SMILES string of the molecule is CCOC(=O)c1ccc2c(c1)c(I)cn2S(=O)(=O)c1ccc(C)cc1. The van der Waals surface area contributed by atoms with Crippen LogP contribution in [0, 0.1) is 10.5 Å². The van der Waals surface area contributed by atoms with Crippen molar-refractivity contribution < 1.29 is 17.9 Å². The minimum atomic E-state index is -3.71. The highest BCUT2D eigenvalue weighted by atomic mass is 127. The average molecular weight is 469 g/mol. The lowest BCUT2D eigenvalue weighted by molar-refractivity contribution is 0.0526. The average Bonchev–Trinajstić information content (AvgIpc) is 2.93. The fraction of sp³-hybridized carbons (Fsp3) is 0.167. The Morgan fingerprint density at radius 3 is 2.48 bits per heavy atom. The Hall–Kier alpha value is -1.87. The van der Waals surface area contributed by atoms with E-state index >= 15 is 0 Å². The van der Waals surface area contributed by atoms with Gasteiger partial charge in [0.05, 0.1) is 22.6 Å². The fourth-order valence-corrected chi connectivity index (χ4v) is 4.79. The Morgan fingerprint density at radius 2 is 1.84 bits per heavy atom. The zero-order valence-corrected chi connectivity index (χ0v) is 16.7. The third-order valence-corrected chi connectivity index (χ3v) is 6.36. The first kappa shape index (κ1) is 17.9. The van der Waals surface area contributed by atoms with Crippen LogP contribution in [0.15, 0.2) is 53.6 Å². The largest absolute Gasteiger partial charge is 0.462 e.